The van der Waals surface area contributed by atoms with Crippen LogP contribution in [-0.2, 0) is 9.53 Å². The van der Waals surface area contributed by atoms with Crippen molar-refractivity contribution in [2.45, 2.75) is 64.6 Å². The number of morpholine rings is 1. The molecule has 2 amide bonds. The molecule has 3 atom stereocenters. The summed E-state index contributed by atoms with van der Waals surface area (Å²) < 4.78 is 5.54. The third-order valence-electron chi connectivity index (χ3n) is 3.64. The lowest BCUT2D eigenvalue weighted by molar-refractivity contribution is -0.139. The molecular weight excluding hydrogens is 260 g/mol. The molecule has 2 unspecified atom stereocenters. The molecule has 1 rings (SSSR count). The van der Waals surface area contributed by atoms with E-state index in [9.17, 15) is 9.59 Å². The third kappa shape index (κ3) is 4.67. The molecule has 0 saturated carbocycles. The summed E-state index contributed by atoms with van der Waals surface area (Å²) in [5, 5.41) is 11.8. The van der Waals surface area contributed by atoms with E-state index < -0.39 is 12.0 Å². The van der Waals surface area contributed by atoms with Crippen LogP contribution in [0.2, 0.25) is 0 Å². The molecule has 1 aliphatic heterocycles. The van der Waals surface area contributed by atoms with E-state index >= 15 is 0 Å². The van der Waals surface area contributed by atoms with Gasteiger partial charge in [-0.3, -0.25) is 0 Å². The Morgan fingerprint density at radius 1 is 1.45 bits per heavy atom. The van der Waals surface area contributed by atoms with Crippen LogP contribution in [0.25, 0.3) is 0 Å². The summed E-state index contributed by atoms with van der Waals surface area (Å²) in [4.78, 5) is 25.2. The van der Waals surface area contributed by atoms with Crippen molar-refractivity contribution < 1.29 is 19.4 Å². The Bertz CT molecular complexity index is 335. The van der Waals surface area contributed by atoms with Crippen LogP contribution in [0.1, 0.15) is 46.5 Å². The summed E-state index contributed by atoms with van der Waals surface area (Å²) in [6.07, 6.45) is 2.95. The maximum atomic E-state index is 12.3. The number of urea groups is 1. The van der Waals surface area contributed by atoms with E-state index in [2.05, 4.69) is 5.32 Å². The van der Waals surface area contributed by atoms with Crippen LogP contribution in [0.5, 0.6) is 0 Å². The fourth-order valence-corrected chi connectivity index (χ4v) is 2.33. The molecule has 2 N–H and O–H groups in total. The zero-order valence-corrected chi connectivity index (χ0v) is 12.6. The molecule has 0 spiro atoms. The molecule has 6 nitrogen and oxygen atoms in total. The number of aliphatic carboxylic acids is 1. The van der Waals surface area contributed by atoms with Crippen molar-refractivity contribution in [1.29, 1.82) is 0 Å². The maximum Gasteiger partial charge on any atom is 0.326 e. The van der Waals surface area contributed by atoms with Crippen molar-refractivity contribution in [2.75, 3.05) is 13.2 Å². The summed E-state index contributed by atoms with van der Waals surface area (Å²) in [6.45, 7) is 6.92. The molecule has 0 aromatic rings. The monoisotopic (exact) mass is 286 g/mol. The standard InChI is InChI=1S/C14H26N2O4/c1-4-6-7-12(13(17)18)15-14(19)16-8-10(3)20-9-11(16)5-2/h10-12H,4-9H2,1-3H3,(H,15,19)(H,17,18)/t10?,11?,12-/m0/s1. The van der Waals surface area contributed by atoms with Gasteiger partial charge in [0.05, 0.1) is 18.8 Å². The zero-order valence-electron chi connectivity index (χ0n) is 12.6. The quantitative estimate of drug-likeness (QED) is 0.781. The lowest BCUT2D eigenvalue weighted by Gasteiger charge is -2.38. The van der Waals surface area contributed by atoms with Gasteiger partial charge >= 0.3 is 12.0 Å². The predicted octanol–water partition coefficient (Wildman–Crippen LogP) is 1.84. The Morgan fingerprint density at radius 3 is 2.70 bits per heavy atom. The van der Waals surface area contributed by atoms with Crippen LogP contribution >= 0.6 is 0 Å². The van der Waals surface area contributed by atoms with Gasteiger partial charge in [0.25, 0.3) is 0 Å². The summed E-state index contributed by atoms with van der Waals surface area (Å²) in [7, 11) is 0. The van der Waals surface area contributed by atoms with E-state index in [-0.39, 0.29) is 18.2 Å². The van der Waals surface area contributed by atoms with Gasteiger partial charge in [-0.25, -0.2) is 9.59 Å². The van der Waals surface area contributed by atoms with Crippen molar-refractivity contribution in [3.05, 3.63) is 0 Å². The number of amides is 2. The minimum atomic E-state index is -0.971. The lowest BCUT2D eigenvalue weighted by Crippen LogP contribution is -2.57. The van der Waals surface area contributed by atoms with Gasteiger partial charge in [0.1, 0.15) is 6.04 Å². The molecule has 0 bridgehead atoms. The number of carbonyl (C=O) groups excluding carboxylic acids is 1. The van der Waals surface area contributed by atoms with E-state index in [4.69, 9.17) is 9.84 Å². The molecule has 1 fully saturated rings. The highest BCUT2D eigenvalue weighted by atomic mass is 16.5. The number of carboxylic acid groups (broad SMARTS) is 1. The van der Waals surface area contributed by atoms with Crippen LogP contribution < -0.4 is 5.32 Å². The second-order valence-corrected chi connectivity index (χ2v) is 5.34. The second-order valence-electron chi connectivity index (χ2n) is 5.34. The number of nitrogens with zero attached hydrogens (tertiary/aromatic N) is 1. The average Bonchev–Trinajstić information content (AvgIpc) is 2.42. The first-order valence-electron chi connectivity index (χ1n) is 7.41. The fraction of sp³-hybridized carbons (Fsp3) is 0.857. The average molecular weight is 286 g/mol. The van der Waals surface area contributed by atoms with Gasteiger partial charge in [-0.2, -0.15) is 0 Å². The lowest BCUT2D eigenvalue weighted by atomic mass is 10.1. The van der Waals surface area contributed by atoms with E-state index in [0.29, 0.717) is 19.6 Å². The molecule has 0 aromatic heterocycles. The van der Waals surface area contributed by atoms with Gasteiger partial charge in [0.15, 0.2) is 0 Å². The van der Waals surface area contributed by atoms with Crippen molar-refractivity contribution in [3.8, 4) is 0 Å². The Hall–Kier alpha value is -1.30. The first kappa shape index (κ1) is 16.8. The van der Waals surface area contributed by atoms with Gasteiger partial charge < -0.3 is 20.1 Å². The normalized spacial score (nSPS) is 24.2. The zero-order chi connectivity index (χ0) is 15.1. The Labute approximate surface area is 120 Å². The van der Waals surface area contributed by atoms with Crippen LogP contribution in [0.3, 0.4) is 0 Å². The van der Waals surface area contributed by atoms with E-state index in [0.717, 1.165) is 19.3 Å². The molecule has 1 heterocycles. The largest absolute Gasteiger partial charge is 0.480 e. The molecule has 6 heteroatoms. The summed E-state index contributed by atoms with van der Waals surface area (Å²) >= 11 is 0. The fourth-order valence-electron chi connectivity index (χ4n) is 2.33. The first-order chi connectivity index (χ1) is 9.49. The molecule has 0 aromatic carbocycles. The Balaban J connectivity index is 2.63. The molecule has 0 radical (unpaired) electrons. The second kappa shape index (κ2) is 8.09. The van der Waals surface area contributed by atoms with Crippen LogP contribution in [0.15, 0.2) is 0 Å². The number of unbranched alkanes of at least 4 members (excludes halogenated alkanes) is 1. The van der Waals surface area contributed by atoms with Crippen LogP contribution in [0, 0.1) is 0 Å². The molecule has 0 aliphatic carbocycles. The van der Waals surface area contributed by atoms with E-state index in [1.807, 2.05) is 20.8 Å². The Kier molecular flexibility index (Phi) is 6.78. The van der Waals surface area contributed by atoms with Gasteiger partial charge in [-0.1, -0.05) is 26.7 Å². The number of rotatable bonds is 6. The van der Waals surface area contributed by atoms with Crippen molar-refractivity contribution >= 4 is 12.0 Å². The smallest absolute Gasteiger partial charge is 0.326 e. The molecular formula is C14H26N2O4. The maximum absolute atomic E-state index is 12.3. The minimum absolute atomic E-state index is 0.0116. The van der Waals surface area contributed by atoms with Crippen LogP contribution in [0.4, 0.5) is 4.79 Å². The summed E-state index contributed by atoms with van der Waals surface area (Å²) in [5.41, 5.74) is 0. The highest BCUT2D eigenvalue weighted by Gasteiger charge is 2.31. The Morgan fingerprint density at radius 2 is 2.15 bits per heavy atom. The highest BCUT2D eigenvalue weighted by Crippen LogP contribution is 2.15. The molecule has 20 heavy (non-hydrogen) atoms. The van der Waals surface area contributed by atoms with Gasteiger partial charge in [-0.15, -0.1) is 0 Å². The number of carboxylic acids is 1. The van der Waals surface area contributed by atoms with E-state index in [1.165, 1.54) is 0 Å². The number of hydrogen-bond acceptors (Lipinski definition) is 3. The van der Waals surface area contributed by atoms with Gasteiger partial charge in [0, 0.05) is 6.54 Å². The number of ether oxygens (including phenoxy) is 1. The van der Waals surface area contributed by atoms with Gasteiger partial charge in [0.2, 0.25) is 0 Å². The van der Waals surface area contributed by atoms with Crippen molar-refractivity contribution in [2.24, 2.45) is 0 Å². The number of carbonyl (C=O) groups is 2. The van der Waals surface area contributed by atoms with Crippen molar-refractivity contribution in [1.82, 2.24) is 10.2 Å². The molecule has 1 aliphatic rings. The molecule has 1 saturated heterocycles. The third-order valence-corrected chi connectivity index (χ3v) is 3.64. The molecule has 116 valence electrons. The number of hydrogen-bond donors (Lipinski definition) is 2. The van der Waals surface area contributed by atoms with Crippen LogP contribution in [-0.4, -0.2) is 53.3 Å². The van der Waals surface area contributed by atoms with Crippen molar-refractivity contribution in [3.63, 3.8) is 0 Å². The SMILES string of the molecule is CCCC[C@H](NC(=O)N1CC(C)OCC1CC)C(=O)O. The number of nitrogens with one attached hydrogen (secondary N) is 1. The summed E-state index contributed by atoms with van der Waals surface area (Å²) in [6, 6.07) is -1.08. The summed E-state index contributed by atoms with van der Waals surface area (Å²) in [5.74, 6) is -0.971. The topological polar surface area (TPSA) is 78.9 Å². The first-order valence-corrected chi connectivity index (χ1v) is 7.41. The highest BCUT2D eigenvalue weighted by molar-refractivity contribution is 5.82. The van der Waals surface area contributed by atoms with Gasteiger partial charge in [-0.05, 0) is 19.8 Å². The minimum Gasteiger partial charge on any atom is -0.480 e. The van der Waals surface area contributed by atoms with E-state index in [1.54, 1.807) is 4.90 Å². The predicted molar refractivity (Wildman–Crippen MR) is 75.7 cm³/mol.